The molecule has 3 aromatic carbocycles. The van der Waals surface area contributed by atoms with Gasteiger partial charge in [-0.2, -0.15) is 10.2 Å². The van der Waals surface area contributed by atoms with Gasteiger partial charge in [0.15, 0.2) is 0 Å². The van der Waals surface area contributed by atoms with Gasteiger partial charge in [0.1, 0.15) is 18.1 Å². The number of carbonyl (C=O) groups excluding carboxylic acids is 1. The van der Waals surface area contributed by atoms with Gasteiger partial charge in [-0.15, -0.1) is 0 Å². The number of primary amides is 1. The van der Waals surface area contributed by atoms with E-state index in [-0.39, 0.29) is 0 Å². The first-order valence-corrected chi connectivity index (χ1v) is 9.70. The van der Waals surface area contributed by atoms with Crippen molar-refractivity contribution >= 4 is 12.2 Å². The first-order chi connectivity index (χ1) is 15.2. The van der Waals surface area contributed by atoms with Gasteiger partial charge < -0.3 is 10.5 Å². The van der Waals surface area contributed by atoms with Gasteiger partial charge in [0.25, 0.3) is 0 Å². The normalized spacial score (nSPS) is 10.8. The van der Waals surface area contributed by atoms with E-state index in [0.717, 1.165) is 28.1 Å². The number of nitrogens with two attached hydrogens (primary N) is 1. The number of nitrogens with one attached hydrogen (secondary N) is 1. The van der Waals surface area contributed by atoms with Crippen molar-refractivity contribution in [2.24, 2.45) is 10.8 Å². The molecule has 2 amide bonds. The number of carbonyl (C=O) groups is 1. The lowest BCUT2D eigenvalue weighted by Crippen LogP contribution is -2.24. The molecule has 0 aliphatic heterocycles. The van der Waals surface area contributed by atoms with E-state index >= 15 is 0 Å². The predicted octanol–water partition coefficient (Wildman–Crippen LogP) is 4.12. The van der Waals surface area contributed by atoms with E-state index in [2.05, 4.69) is 10.5 Å². The Balaban J connectivity index is 1.58. The van der Waals surface area contributed by atoms with Crippen LogP contribution in [-0.4, -0.2) is 22.0 Å². The van der Waals surface area contributed by atoms with E-state index in [9.17, 15) is 4.79 Å². The molecule has 0 saturated heterocycles. The molecule has 154 valence electrons. The second kappa shape index (κ2) is 9.41. The SMILES string of the molecule is NC(=O)N/N=C\c1cn(-c2ccccc2)nc1-c1ccc(OCc2ccccc2)cc1. The minimum Gasteiger partial charge on any atom is -0.489 e. The lowest BCUT2D eigenvalue weighted by molar-refractivity contribution is 0.249. The van der Waals surface area contributed by atoms with Gasteiger partial charge in [-0.25, -0.2) is 14.9 Å². The Labute approximate surface area is 179 Å². The molecule has 0 radical (unpaired) electrons. The molecule has 0 aliphatic carbocycles. The predicted molar refractivity (Wildman–Crippen MR) is 120 cm³/mol. The zero-order valence-corrected chi connectivity index (χ0v) is 16.7. The summed E-state index contributed by atoms with van der Waals surface area (Å²) >= 11 is 0. The van der Waals surface area contributed by atoms with Crippen molar-refractivity contribution in [2.75, 3.05) is 0 Å². The first-order valence-electron chi connectivity index (χ1n) is 9.70. The van der Waals surface area contributed by atoms with E-state index in [0.29, 0.717) is 12.3 Å². The highest BCUT2D eigenvalue weighted by atomic mass is 16.5. The van der Waals surface area contributed by atoms with Crippen LogP contribution in [0, 0.1) is 0 Å². The Morgan fingerprint density at radius 2 is 1.68 bits per heavy atom. The van der Waals surface area contributed by atoms with Gasteiger partial charge in [0, 0.05) is 17.3 Å². The molecule has 31 heavy (non-hydrogen) atoms. The topological polar surface area (TPSA) is 94.5 Å². The van der Waals surface area contributed by atoms with Crippen LogP contribution in [0.5, 0.6) is 5.75 Å². The fourth-order valence-electron chi connectivity index (χ4n) is 3.03. The second-order valence-corrected chi connectivity index (χ2v) is 6.75. The van der Waals surface area contributed by atoms with E-state index in [1.807, 2.05) is 91.1 Å². The van der Waals surface area contributed by atoms with Crippen molar-refractivity contribution in [3.8, 4) is 22.7 Å². The third-order valence-corrected chi connectivity index (χ3v) is 4.52. The van der Waals surface area contributed by atoms with E-state index in [1.165, 1.54) is 6.21 Å². The van der Waals surface area contributed by atoms with Gasteiger partial charge in [0.2, 0.25) is 0 Å². The average molecular weight is 411 g/mol. The maximum Gasteiger partial charge on any atom is 0.332 e. The number of amides is 2. The van der Waals surface area contributed by atoms with Crippen LogP contribution >= 0.6 is 0 Å². The largest absolute Gasteiger partial charge is 0.489 e. The molecule has 0 aliphatic rings. The molecule has 3 N–H and O–H groups in total. The van der Waals surface area contributed by atoms with Gasteiger partial charge >= 0.3 is 6.03 Å². The number of aromatic nitrogens is 2. The van der Waals surface area contributed by atoms with Crippen molar-refractivity contribution < 1.29 is 9.53 Å². The van der Waals surface area contributed by atoms with Crippen molar-refractivity contribution in [1.82, 2.24) is 15.2 Å². The van der Waals surface area contributed by atoms with Crippen LogP contribution in [0.25, 0.3) is 16.9 Å². The van der Waals surface area contributed by atoms with Crippen LogP contribution < -0.4 is 15.9 Å². The van der Waals surface area contributed by atoms with Gasteiger partial charge in [-0.05, 0) is 42.0 Å². The Hall–Kier alpha value is -4.39. The van der Waals surface area contributed by atoms with E-state index < -0.39 is 6.03 Å². The van der Waals surface area contributed by atoms with Gasteiger partial charge in [0.05, 0.1) is 11.9 Å². The smallest absolute Gasteiger partial charge is 0.332 e. The Kier molecular flexibility index (Phi) is 6.04. The third kappa shape index (κ3) is 5.16. The molecule has 4 rings (SSSR count). The van der Waals surface area contributed by atoms with Crippen molar-refractivity contribution in [3.63, 3.8) is 0 Å². The molecule has 0 spiro atoms. The number of hydrogen-bond donors (Lipinski definition) is 2. The summed E-state index contributed by atoms with van der Waals surface area (Å²) in [5.74, 6) is 0.765. The van der Waals surface area contributed by atoms with Crippen LogP contribution in [0.1, 0.15) is 11.1 Å². The average Bonchev–Trinajstić information content (AvgIpc) is 3.23. The molecule has 0 saturated carbocycles. The number of nitrogens with zero attached hydrogens (tertiary/aromatic N) is 3. The van der Waals surface area contributed by atoms with E-state index in [1.54, 1.807) is 4.68 Å². The highest BCUT2D eigenvalue weighted by Gasteiger charge is 2.11. The first kappa shape index (κ1) is 19.9. The number of para-hydroxylation sites is 1. The summed E-state index contributed by atoms with van der Waals surface area (Å²) in [6, 6.07) is 26.7. The highest BCUT2D eigenvalue weighted by Crippen LogP contribution is 2.25. The number of benzene rings is 3. The molecule has 0 bridgehead atoms. The molecule has 7 heteroatoms. The zero-order valence-electron chi connectivity index (χ0n) is 16.7. The Morgan fingerprint density at radius 1 is 1.00 bits per heavy atom. The molecule has 0 atom stereocenters. The number of ether oxygens (including phenoxy) is 1. The summed E-state index contributed by atoms with van der Waals surface area (Å²) in [7, 11) is 0. The van der Waals surface area contributed by atoms with Crippen LogP contribution in [0.15, 0.2) is 96.2 Å². The zero-order chi connectivity index (χ0) is 21.5. The molecule has 0 fully saturated rings. The maximum absolute atomic E-state index is 10.9. The fourth-order valence-corrected chi connectivity index (χ4v) is 3.03. The highest BCUT2D eigenvalue weighted by molar-refractivity contribution is 5.89. The Bertz CT molecular complexity index is 1170. The number of urea groups is 1. The molecule has 7 nitrogen and oxygen atoms in total. The summed E-state index contributed by atoms with van der Waals surface area (Å²) < 4.78 is 7.63. The lowest BCUT2D eigenvalue weighted by atomic mass is 10.1. The van der Waals surface area contributed by atoms with Crippen LogP contribution in [-0.2, 0) is 6.61 Å². The minimum atomic E-state index is -0.729. The number of hydrogen-bond acceptors (Lipinski definition) is 4. The minimum absolute atomic E-state index is 0.500. The number of rotatable bonds is 7. The molecule has 0 unspecified atom stereocenters. The van der Waals surface area contributed by atoms with E-state index in [4.69, 9.17) is 15.6 Å². The molecule has 1 heterocycles. The number of hydrazone groups is 1. The van der Waals surface area contributed by atoms with Gasteiger partial charge in [-0.1, -0.05) is 48.5 Å². The molecule has 1 aromatic heterocycles. The lowest BCUT2D eigenvalue weighted by Gasteiger charge is -2.07. The second-order valence-electron chi connectivity index (χ2n) is 6.75. The van der Waals surface area contributed by atoms with Crippen LogP contribution in [0.2, 0.25) is 0 Å². The molecular formula is C24H21N5O2. The Morgan fingerprint density at radius 3 is 2.35 bits per heavy atom. The quantitative estimate of drug-likeness (QED) is 0.354. The fraction of sp³-hybridized carbons (Fsp3) is 0.0417. The van der Waals surface area contributed by atoms with Gasteiger partial charge in [-0.3, -0.25) is 0 Å². The van der Waals surface area contributed by atoms with Crippen LogP contribution in [0.3, 0.4) is 0 Å². The standard InChI is InChI=1S/C24H21N5O2/c25-24(30)27-26-15-20-16-29(21-9-5-2-6-10-21)28-23(20)19-11-13-22(14-12-19)31-17-18-7-3-1-4-8-18/h1-16H,17H2,(H3,25,27,30)/b26-15-. The summed E-state index contributed by atoms with van der Waals surface area (Å²) in [5, 5.41) is 8.60. The molecular weight excluding hydrogens is 390 g/mol. The monoisotopic (exact) mass is 411 g/mol. The molecule has 4 aromatic rings. The van der Waals surface area contributed by atoms with Crippen molar-refractivity contribution in [1.29, 1.82) is 0 Å². The van der Waals surface area contributed by atoms with Crippen LogP contribution in [0.4, 0.5) is 4.79 Å². The summed E-state index contributed by atoms with van der Waals surface area (Å²) in [6.07, 6.45) is 3.36. The maximum atomic E-state index is 10.9. The summed E-state index contributed by atoms with van der Waals surface area (Å²) in [4.78, 5) is 10.9. The van der Waals surface area contributed by atoms with Crippen molar-refractivity contribution in [2.45, 2.75) is 6.61 Å². The third-order valence-electron chi connectivity index (χ3n) is 4.52. The summed E-state index contributed by atoms with van der Waals surface area (Å²) in [6.45, 7) is 0.500. The summed E-state index contributed by atoms with van der Waals surface area (Å²) in [5.41, 5.74) is 11.7. The van der Waals surface area contributed by atoms with Crippen molar-refractivity contribution in [3.05, 3.63) is 102 Å².